The Kier molecular flexibility index (Phi) is 5.89. The second-order valence-electron chi connectivity index (χ2n) is 7.61. The second kappa shape index (κ2) is 8.55. The molecule has 34 heavy (non-hydrogen) atoms. The lowest BCUT2D eigenvalue weighted by atomic mass is 9.99. The van der Waals surface area contributed by atoms with Crippen LogP contribution in [0.1, 0.15) is 0 Å². The highest BCUT2D eigenvalue weighted by Gasteiger charge is 2.45. The van der Waals surface area contributed by atoms with Crippen molar-refractivity contribution >= 4 is 11.0 Å². The summed E-state index contributed by atoms with van der Waals surface area (Å²) in [4.78, 5) is 13.3. The molecule has 0 aliphatic carbocycles. The molecule has 13 heteroatoms. The van der Waals surface area contributed by atoms with Gasteiger partial charge >= 0.3 is 0 Å². The van der Waals surface area contributed by atoms with E-state index in [1.807, 2.05) is 0 Å². The first-order valence-electron chi connectivity index (χ1n) is 9.78. The Morgan fingerprint density at radius 1 is 0.853 bits per heavy atom. The summed E-state index contributed by atoms with van der Waals surface area (Å²) in [6.45, 7) is -0.774. The molecule has 2 heterocycles. The Balaban J connectivity index is 1.94. The topological polar surface area (TPSA) is 231 Å². The lowest BCUT2D eigenvalue weighted by Gasteiger charge is -2.39. The van der Waals surface area contributed by atoms with Crippen LogP contribution in [0.25, 0.3) is 22.3 Å². The van der Waals surface area contributed by atoms with Crippen molar-refractivity contribution in [2.45, 2.75) is 30.7 Å². The SMILES string of the molecule is O=c1c(O[C@H]2O[C@@H](CO)[C@@H](O)[C@@H](O)[C@@H]2O)c(-c2cc(O)c(O)c(O)c2)oc2cc(O)cc(O)c12. The number of rotatable bonds is 4. The van der Waals surface area contributed by atoms with E-state index in [1.165, 1.54) is 0 Å². The molecule has 1 fully saturated rings. The third-order valence-electron chi connectivity index (χ3n) is 5.33. The molecule has 5 atom stereocenters. The van der Waals surface area contributed by atoms with Gasteiger partial charge in [-0.1, -0.05) is 0 Å². The largest absolute Gasteiger partial charge is 0.508 e. The summed E-state index contributed by atoms with van der Waals surface area (Å²) in [6, 6.07) is 3.66. The molecule has 9 N–H and O–H groups in total. The molecular formula is C21H20O13. The lowest BCUT2D eigenvalue weighted by molar-refractivity contribution is -0.277. The number of hydrogen-bond donors (Lipinski definition) is 9. The molecule has 4 rings (SSSR count). The predicted octanol–water partition coefficient (Wildman–Crippen LogP) is -0.833. The molecule has 3 aromatic rings. The maximum absolute atomic E-state index is 13.3. The van der Waals surface area contributed by atoms with Gasteiger partial charge in [0.05, 0.1) is 6.61 Å². The molecule has 1 aliphatic rings. The second-order valence-corrected chi connectivity index (χ2v) is 7.61. The van der Waals surface area contributed by atoms with Crippen molar-refractivity contribution in [2.75, 3.05) is 6.61 Å². The molecule has 1 saturated heterocycles. The number of phenolic OH excluding ortho intramolecular Hbond substituents is 5. The minimum atomic E-state index is -1.91. The van der Waals surface area contributed by atoms with Crippen LogP contribution in [0.4, 0.5) is 0 Å². The summed E-state index contributed by atoms with van der Waals surface area (Å²) >= 11 is 0. The summed E-state index contributed by atoms with van der Waals surface area (Å²) < 4.78 is 16.3. The molecular weight excluding hydrogens is 460 g/mol. The first-order valence-corrected chi connectivity index (χ1v) is 9.78. The predicted molar refractivity (Wildman–Crippen MR) is 111 cm³/mol. The van der Waals surface area contributed by atoms with Gasteiger partial charge in [0.25, 0.3) is 0 Å². The molecule has 1 aromatic heterocycles. The van der Waals surface area contributed by atoms with Gasteiger partial charge in [-0.15, -0.1) is 0 Å². The zero-order valence-corrected chi connectivity index (χ0v) is 17.1. The zero-order chi connectivity index (χ0) is 24.9. The third kappa shape index (κ3) is 3.81. The smallest absolute Gasteiger partial charge is 0.239 e. The van der Waals surface area contributed by atoms with E-state index in [-0.39, 0.29) is 11.1 Å². The number of aliphatic hydroxyl groups excluding tert-OH is 4. The van der Waals surface area contributed by atoms with Crippen molar-refractivity contribution in [3.05, 3.63) is 34.5 Å². The highest BCUT2D eigenvalue weighted by molar-refractivity contribution is 5.88. The van der Waals surface area contributed by atoms with Gasteiger partial charge in [-0.05, 0) is 12.1 Å². The molecule has 0 saturated carbocycles. The Morgan fingerprint density at radius 2 is 1.50 bits per heavy atom. The fourth-order valence-electron chi connectivity index (χ4n) is 3.58. The maximum atomic E-state index is 13.3. The van der Waals surface area contributed by atoms with Crippen LogP contribution in [-0.4, -0.2) is 83.3 Å². The van der Waals surface area contributed by atoms with Gasteiger partial charge in [0, 0.05) is 17.7 Å². The van der Waals surface area contributed by atoms with Crippen LogP contribution in [0.2, 0.25) is 0 Å². The molecule has 0 unspecified atom stereocenters. The minimum absolute atomic E-state index is 0.214. The summed E-state index contributed by atoms with van der Waals surface area (Å²) in [7, 11) is 0. The Labute approximate surface area is 189 Å². The Hall–Kier alpha value is -3.75. The maximum Gasteiger partial charge on any atom is 0.239 e. The number of ether oxygens (including phenoxy) is 2. The van der Waals surface area contributed by atoms with E-state index in [2.05, 4.69) is 0 Å². The molecule has 2 aromatic carbocycles. The molecule has 0 radical (unpaired) electrons. The van der Waals surface area contributed by atoms with E-state index in [0.29, 0.717) is 0 Å². The van der Waals surface area contributed by atoms with Gasteiger partial charge < -0.3 is 59.8 Å². The van der Waals surface area contributed by atoms with E-state index in [9.17, 15) is 50.8 Å². The summed E-state index contributed by atoms with van der Waals surface area (Å²) in [5, 5.41) is 88.6. The Bertz CT molecular complexity index is 1280. The normalized spacial score (nSPS) is 24.9. The Morgan fingerprint density at radius 3 is 2.12 bits per heavy atom. The number of fused-ring (bicyclic) bond motifs is 1. The fourth-order valence-corrected chi connectivity index (χ4v) is 3.58. The van der Waals surface area contributed by atoms with E-state index < -0.39 is 88.4 Å². The van der Waals surface area contributed by atoms with Crippen molar-refractivity contribution in [3.63, 3.8) is 0 Å². The number of aromatic hydroxyl groups is 5. The first kappa shape index (κ1) is 23.4. The van der Waals surface area contributed by atoms with Crippen LogP contribution in [0.15, 0.2) is 33.5 Å². The quantitative estimate of drug-likeness (QED) is 0.208. The van der Waals surface area contributed by atoms with Crippen LogP contribution >= 0.6 is 0 Å². The van der Waals surface area contributed by atoms with Crippen LogP contribution in [0, 0.1) is 0 Å². The highest BCUT2D eigenvalue weighted by Crippen LogP contribution is 2.43. The van der Waals surface area contributed by atoms with Crippen LogP contribution in [-0.2, 0) is 4.74 Å². The fraction of sp³-hybridized carbons (Fsp3) is 0.286. The molecule has 13 nitrogen and oxygen atoms in total. The molecule has 1 aliphatic heterocycles. The van der Waals surface area contributed by atoms with Crippen molar-refractivity contribution in [3.8, 4) is 45.8 Å². The average Bonchev–Trinajstić information content (AvgIpc) is 2.78. The average molecular weight is 480 g/mol. The number of benzene rings is 2. The van der Waals surface area contributed by atoms with Gasteiger partial charge in [0.2, 0.25) is 17.5 Å². The number of aliphatic hydroxyl groups is 4. The van der Waals surface area contributed by atoms with E-state index in [1.54, 1.807) is 0 Å². The highest BCUT2D eigenvalue weighted by atomic mass is 16.7. The van der Waals surface area contributed by atoms with Gasteiger partial charge in [0.15, 0.2) is 23.0 Å². The van der Waals surface area contributed by atoms with Crippen LogP contribution < -0.4 is 10.2 Å². The van der Waals surface area contributed by atoms with Gasteiger partial charge in [0.1, 0.15) is 46.9 Å². The molecule has 0 spiro atoms. The van der Waals surface area contributed by atoms with Crippen molar-refractivity contribution < 1.29 is 59.8 Å². The zero-order valence-electron chi connectivity index (χ0n) is 17.1. The van der Waals surface area contributed by atoms with E-state index in [4.69, 9.17) is 13.9 Å². The van der Waals surface area contributed by atoms with Gasteiger partial charge in [-0.3, -0.25) is 4.79 Å². The summed E-state index contributed by atoms with van der Waals surface area (Å²) in [6.07, 6.45) is -8.64. The molecule has 0 bridgehead atoms. The monoisotopic (exact) mass is 480 g/mol. The van der Waals surface area contributed by atoms with Crippen LogP contribution in [0.5, 0.6) is 34.5 Å². The summed E-state index contributed by atoms with van der Waals surface area (Å²) in [5.74, 6) is -4.83. The van der Waals surface area contributed by atoms with Crippen molar-refractivity contribution in [1.29, 1.82) is 0 Å². The van der Waals surface area contributed by atoms with E-state index in [0.717, 1.165) is 24.3 Å². The number of phenols is 5. The molecule has 0 amide bonds. The first-order chi connectivity index (χ1) is 16.0. The van der Waals surface area contributed by atoms with Gasteiger partial charge in [-0.2, -0.15) is 0 Å². The lowest BCUT2D eigenvalue weighted by Crippen LogP contribution is -2.60. The standard InChI is InChI=1S/C21H20O13/c22-5-12-15(28)17(30)18(31)21(33-12)34-20-16(29)13-8(24)3-7(23)4-11(13)32-19(20)6-1-9(25)14(27)10(26)2-6/h1-4,12,15,17-18,21-28,30-31H,5H2/t12-,15+,17+,18-,21+/m0/s1. The van der Waals surface area contributed by atoms with E-state index >= 15 is 0 Å². The van der Waals surface area contributed by atoms with Gasteiger partial charge in [-0.25, -0.2) is 0 Å². The molecule has 182 valence electrons. The van der Waals surface area contributed by atoms with Crippen molar-refractivity contribution in [2.24, 2.45) is 0 Å². The third-order valence-corrected chi connectivity index (χ3v) is 5.33. The number of hydrogen-bond acceptors (Lipinski definition) is 13. The minimum Gasteiger partial charge on any atom is -0.508 e. The van der Waals surface area contributed by atoms with Crippen LogP contribution in [0.3, 0.4) is 0 Å². The summed E-state index contributed by atoms with van der Waals surface area (Å²) in [5.41, 5.74) is -1.59. The van der Waals surface area contributed by atoms with Crippen molar-refractivity contribution in [1.82, 2.24) is 0 Å².